The van der Waals surface area contributed by atoms with Crippen molar-refractivity contribution in [1.82, 2.24) is 0 Å². The van der Waals surface area contributed by atoms with Crippen LogP contribution in [0.15, 0.2) is 40.1 Å². The SMILES string of the molecule is CCSC1=C(SCC)C(=O)N(c2ccccc2)C1=O. The molecule has 0 radical (unpaired) electrons. The lowest BCUT2D eigenvalue weighted by atomic mass is 10.3. The van der Waals surface area contributed by atoms with E-state index in [9.17, 15) is 9.59 Å². The summed E-state index contributed by atoms with van der Waals surface area (Å²) in [5, 5.41) is 0. The Morgan fingerprint density at radius 3 is 1.79 bits per heavy atom. The van der Waals surface area contributed by atoms with Crippen LogP contribution < -0.4 is 4.90 Å². The Morgan fingerprint density at radius 1 is 0.895 bits per heavy atom. The van der Waals surface area contributed by atoms with Crippen molar-refractivity contribution in [3.63, 3.8) is 0 Å². The van der Waals surface area contributed by atoms with Crippen molar-refractivity contribution < 1.29 is 9.59 Å². The van der Waals surface area contributed by atoms with E-state index in [1.807, 2.05) is 32.0 Å². The number of thioether (sulfide) groups is 2. The Balaban J connectivity index is 2.38. The fourth-order valence-corrected chi connectivity index (χ4v) is 3.64. The summed E-state index contributed by atoms with van der Waals surface area (Å²) in [7, 11) is 0. The fourth-order valence-electron chi connectivity index (χ4n) is 1.84. The third-order valence-electron chi connectivity index (χ3n) is 2.59. The van der Waals surface area contributed by atoms with Gasteiger partial charge in [-0.15, -0.1) is 23.5 Å². The highest BCUT2D eigenvalue weighted by Crippen LogP contribution is 2.38. The van der Waals surface area contributed by atoms with Crippen molar-refractivity contribution >= 4 is 41.0 Å². The molecule has 0 saturated carbocycles. The van der Waals surface area contributed by atoms with E-state index in [4.69, 9.17) is 0 Å². The van der Waals surface area contributed by atoms with Crippen LogP contribution in [-0.4, -0.2) is 23.3 Å². The predicted molar refractivity (Wildman–Crippen MR) is 82.2 cm³/mol. The average molecular weight is 293 g/mol. The van der Waals surface area contributed by atoms with E-state index in [0.29, 0.717) is 15.5 Å². The standard InChI is InChI=1S/C14H15NO2S2/c1-3-18-11-12(19-4-2)14(17)15(13(11)16)10-8-6-5-7-9-10/h5-9H,3-4H2,1-2H3. The molecule has 1 heterocycles. The first-order valence-corrected chi connectivity index (χ1v) is 8.11. The van der Waals surface area contributed by atoms with E-state index >= 15 is 0 Å². The molecule has 0 fully saturated rings. The highest BCUT2D eigenvalue weighted by molar-refractivity contribution is 8.08. The van der Waals surface area contributed by atoms with Crippen LogP contribution in [0.25, 0.3) is 0 Å². The lowest BCUT2D eigenvalue weighted by molar-refractivity contribution is -0.120. The first-order valence-electron chi connectivity index (χ1n) is 6.14. The van der Waals surface area contributed by atoms with Gasteiger partial charge in [-0.05, 0) is 23.6 Å². The lowest BCUT2D eigenvalue weighted by Crippen LogP contribution is -2.31. The van der Waals surface area contributed by atoms with Crippen molar-refractivity contribution in [3.05, 3.63) is 40.1 Å². The highest BCUT2D eigenvalue weighted by Gasteiger charge is 2.39. The largest absolute Gasteiger partial charge is 0.273 e. The van der Waals surface area contributed by atoms with Crippen LogP contribution in [0.5, 0.6) is 0 Å². The molecule has 2 rings (SSSR count). The van der Waals surface area contributed by atoms with E-state index in [2.05, 4.69) is 0 Å². The summed E-state index contributed by atoms with van der Waals surface area (Å²) in [5.74, 6) is 1.17. The van der Waals surface area contributed by atoms with Gasteiger partial charge in [-0.1, -0.05) is 32.0 Å². The molecule has 0 N–H and O–H groups in total. The van der Waals surface area contributed by atoms with Gasteiger partial charge in [0.25, 0.3) is 11.8 Å². The topological polar surface area (TPSA) is 37.4 Å². The van der Waals surface area contributed by atoms with Gasteiger partial charge in [-0.25, -0.2) is 4.90 Å². The molecule has 1 aliphatic rings. The summed E-state index contributed by atoms with van der Waals surface area (Å²) in [5.41, 5.74) is 0.637. The molecule has 0 bridgehead atoms. The summed E-state index contributed by atoms with van der Waals surface area (Å²) in [4.78, 5) is 27.3. The molecule has 3 nitrogen and oxygen atoms in total. The maximum Gasteiger partial charge on any atom is 0.273 e. The number of carbonyl (C=O) groups is 2. The minimum Gasteiger partial charge on any atom is -0.268 e. The van der Waals surface area contributed by atoms with Crippen LogP contribution in [0.1, 0.15) is 13.8 Å². The maximum absolute atomic E-state index is 12.4. The summed E-state index contributed by atoms with van der Waals surface area (Å²) in [6.07, 6.45) is 0. The van der Waals surface area contributed by atoms with Crippen molar-refractivity contribution in [2.75, 3.05) is 16.4 Å². The van der Waals surface area contributed by atoms with Gasteiger partial charge in [0.05, 0.1) is 15.5 Å². The lowest BCUT2D eigenvalue weighted by Gasteiger charge is -2.14. The van der Waals surface area contributed by atoms with E-state index in [-0.39, 0.29) is 11.8 Å². The van der Waals surface area contributed by atoms with Crippen LogP contribution in [0, 0.1) is 0 Å². The van der Waals surface area contributed by atoms with E-state index in [0.717, 1.165) is 11.5 Å². The number of amides is 2. The quantitative estimate of drug-likeness (QED) is 0.781. The van der Waals surface area contributed by atoms with Crippen LogP contribution in [-0.2, 0) is 9.59 Å². The highest BCUT2D eigenvalue weighted by atomic mass is 32.2. The van der Waals surface area contributed by atoms with Gasteiger partial charge in [-0.3, -0.25) is 9.59 Å². The molecule has 1 aromatic rings. The van der Waals surface area contributed by atoms with Gasteiger partial charge in [0.15, 0.2) is 0 Å². The molecule has 0 unspecified atom stereocenters. The molecule has 1 aliphatic heterocycles. The summed E-state index contributed by atoms with van der Waals surface area (Å²) >= 11 is 2.89. The van der Waals surface area contributed by atoms with E-state index < -0.39 is 0 Å². The van der Waals surface area contributed by atoms with Crippen LogP contribution in [0.3, 0.4) is 0 Å². The molecule has 100 valence electrons. The molecule has 5 heteroatoms. The number of anilines is 1. The number of para-hydroxylation sites is 1. The number of benzene rings is 1. The van der Waals surface area contributed by atoms with Crippen LogP contribution in [0.2, 0.25) is 0 Å². The number of hydrogen-bond acceptors (Lipinski definition) is 4. The number of imide groups is 1. The molecule has 0 atom stereocenters. The molecule has 2 amide bonds. The van der Waals surface area contributed by atoms with E-state index in [1.165, 1.54) is 28.4 Å². The first kappa shape index (κ1) is 14.2. The van der Waals surface area contributed by atoms with Gasteiger partial charge in [0.1, 0.15) is 0 Å². The second kappa shape index (κ2) is 6.30. The molecule has 0 spiro atoms. The third-order valence-corrected chi connectivity index (χ3v) is 4.63. The van der Waals surface area contributed by atoms with Crippen LogP contribution in [0.4, 0.5) is 5.69 Å². The first-order chi connectivity index (χ1) is 9.20. The van der Waals surface area contributed by atoms with Crippen molar-refractivity contribution in [3.8, 4) is 0 Å². The van der Waals surface area contributed by atoms with Crippen molar-refractivity contribution in [1.29, 1.82) is 0 Å². The van der Waals surface area contributed by atoms with Gasteiger partial charge in [-0.2, -0.15) is 0 Å². The number of carbonyl (C=O) groups excluding carboxylic acids is 2. The molecule has 1 aromatic carbocycles. The Hall–Kier alpha value is -1.20. The van der Waals surface area contributed by atoms with Crippen molar-refractivity contribution in [2.45, 2.75) is 13.8 Å². The molecule has 0 saturated heterocycles. The molecule has 0 aromatic heterocycles. The smallest absolute Gasteiger partial charge is 0.268 e. The third kappa shape index (κ3) is 2.72. The second-order valence-electron chi connectivity index (χ2n) is 3.81. The Morgan fingerprint density at radius 2 is 1.37 bits per heavy atom. The average Bonchev–Trinajstić information content (AvgIpc) is 2.65. The molecular formula is C14H15NO2S2. The number of hydrogen-bond donors (Lipinski definition) is 0. The minimum absolute atomic E-state index is 0.195. The number of rotatable bonds is 5. The van der Waals surface area contributed by atoms with Gasteiger partial charge in [0, 0.05) is 0 Å². The van der Waals surface area contributed by atoms with Gasteiger partial charge in [0.2, 0.25) is 0 Å². The summed E-state index contributed by atoms with van der Waals surface area (Å²) in [6.45, 7) is 3.96. The zero-order valence-electron chi connectivity index (χ0n) is 10.9. The molecular weight excluding hydrogens is 278 g/mol. The Labute approximate surface area is 121 Å². The minimum atomic E-state index is -0.195. The zero-order valence-corrected chi connectivity index (χ0v) is 12.5. The monoisotopic (exact) mass is 293 g/mol. The Bertz CT molecular complexity index is 498. The maximum atomic E-state index is 12.4. The summed E-state index contributed by atoms with van der Waals surface area (Å²) in [6, 6.07) is 9.08. The number of nitrogens with zero attached hydrogens (tertiary/aromatic N) is 1. The van der Waals surface area contributed by atoms with Gasteiger partial charge >= 0.3 is 0 Å². The van der Waals surface area contributed by atoms with Crippen molar-refractivity contribution in [2.24, 2.45) is 0 Å². The fraction of sp³-hybridized carbons (Fsp3) is 0.286. The van der Waals surface area contributed by atoms with Crippen LogP contribution >= 0.6 is 23.5 Å². The Kier molecular flexibility index (Phi) is 4.71. The predicted octanol–water partition coefficient (Wildman–Crippen LogP) is 3.28. The molecule has 19 heavy (non-hydrogen) atoms. The van der Waals surface area contributed by atoms with E-state index in [1.54, 1.807) is 12.1 Å². The van der Waals surface area contributed by atoms with Gasteiger partial charge < -0.3 is 0 Å². The summed E-state index contributed by atoms with van der Waals surface area (Å²) < 4.78 is 0. The molecule has 0 aliphatic carbocycles. The zero-order chi connectivity index (χ0) is 13.8. The second-order valence-corrected chi connectivity index (χ2v) is 6.35. The normalized spacial score (nSPS) is 15.6.